The molecule has 6 nitrogen and oxygen atoms in total. The first-order chi connectivity index (χ1) is 10.0. The highest BCUT2D eigenvalue weighted by molar-refractivity contribution is 5.56. The van der Waals surface area contributed by atoms with Crippen LogP contribution in [0.5, 0.6) is 0 Å². The van der Waals surface area contributed by atoms with E-state index in [9.17, 15) is 14.5 Å². The Bertz CT molecular complexity index is 740. The molecular weight excluding hydrogens is 275 g/mol. The molecule has 0 aliphatic rings. The third kappa shape index (κ3) is 3.30. The summed E-state index contributed by atoms with van der Waals surface area (Å²) in [5.41, 5.74) is 0.959. The lowest BCUT2D eigenvalue weighted by Gasteiger charge is -2.08. The van der Waals surface area contributed by atoms with Crippen LogP contribution in [-0.2, 0) is 6.54 Å². The molecule has 0 amide bonds. The fraction of sp³-hybridized carbons (Fsp3) is 0.143. The van der Waals surface area contributed by atoms with Gasteiger partial charge in [-0.1, -0.05) is 6.07 Å². The molecule has 2 aromatic rings. The van der Waals surface area contributed by atoms with Gasteiger partial charge in [0.2, 0.25) is 5.82 Å². The van der Waals surface area contributed by atoms with Gasteiger partial charge in [-0.15, -0.1) is 0 Å². The smallest absolute Gasteiger partial charge is 0.311 e. The molecule has 1 aromatic heterocycles. The van der Waals surface area contributed by atoms with Crippen molar-refractivity contribution in [2.75, 3.05) is 5.32 Å². The summed E-state index contributed by atoms with van der Waals surface area (Å²) in [6.45, 7) is 1.74. The third-order valence-electron chi connectivity index (χ3n) is 2.84. The van der Waals surface area contributed by atoms with Crippen LogP contribution in [-0.4, -0.2) is 9.91 Å². The lowest BCUT2D eigenvalue weighted by atomic mass is 10.1. The standard InChI is InChI=1S/C14H11FN4O2/c1-9-2-5-13(19(20)21)14(18-9)17-8-11-4-3-10(7-16)6-12(11)15/h2-6H,8H2,1H3,(H,17,18). The van der Waals surface area contributed by atoms with Crippen LogP contribution in [0.3, 0.4) is 0 Å². The highest BCUT2D eigenvalue weighted by Crippen LogP contribution is 2.23. The van der Waals surface area contributed by atoms with Gasteiger partial charge in [0, 0.05) is 23.9 Å². The summed E-state index contributed by atoms with van der Waals surface area (Å²) < 4.78 is 13.7. The number of nitriles is 1. The molecule has 0 saturated heterocycles. The summed E-state index contributed by atoms with van der Waals surface area (Å²) in [4.78, 5) is 14.4. The second-order valence-electron chi connectivity index (χ2n) is 4.35. The van der Waals surface area contributed by atoms with Crippen LogP contribution in [0.1, 0.15) is 16.8 Å². The van der Waals surface area contributed by atoms with E-state index in [1.54, 1.807) is 6.92 Å². The number of halogens is 1. The Kier molecular flexibility index (Phi) is 4.09. The Labute approximate surface area is 120 Å². The van der Waals surface area contributed by atoms with Crippen molar-refractivity contribution in [3.63, 3.8) is 0 Å². The first-order valence-corrected chi connectivity index (χ1v) is 6.05. The SMILES string of the molecule is Cc1ccc([N+](=O)[O-])c(NCc2ccc(C#N)cc2F)n1. The largest absolute Gasteiger partial charge is 0.360 e. The fourth-order valence-electron chi connectivity index (χ4n) is 1.77. The van der Waals surface area contributed by atoms with Crippen molar-refractivity contribution < 1.29 is 9.31 Å². The number of aromatic nitrogens is 1. The first kappa shape index (κ1) is 14.4. The van der Waals surface area contributed by atoms with Crippen LogP contribution < -0.4 is 5.32 Å². The van der Waals surface area contributed by atoms with Crippen molar-refractivity contribution in [2.45, 2.75) is 13.5 Å². The van der Waals surface area contributed by atoms with Crippen molar-refractivity contribution in [3.8, 4) is 6.07 Å². The number of hydrogen-bond donors (Lipinski definition) is 1. The molecule has 21 heavy (non-hydrogen) atoms. The van der Waals surface area contributed by atoms with E-state index in [1.165, 1.54) is 24.3 Å². The quantitative estimate of drug-likeness (QED) is 0.689. The van der Waals surface area contributed by atoms with E-state index in [-0.39, 0.29) is 23.6 Å². The number of rotatable bonds is 4. The molecular formula is C14H11FN4O2. The van der Waals surface area contributed by atoms with Crippen LogP contribution in [0.4, 0.5) is 15.9 Å². The number of nitrogens with zero attached hydrogens (tertiary/aromatic N) is 3. The van der Waals surface area contributed by atoms with Crippen LogP contribution in [0, 0.1) is 34.2 Å². The fourth-order valence-corrected chi connectivity index (χ4v) is 1.77. The van der Waals surface area contributed by atoms with Crippen molar-refractivity contribution in [1.82, 2.24) is 4.98 Å². The molecule has 0 aliphatic heterocycles. The van der Waals surface area contributed by atoms with Crippen LogP contribution >= 0.6 is 0 Å². The number of pyridine rings is 1. The lowest BCUT2D eigenvalue weighted by molar-refractivity contribution is -0.384. The summed E-state index contributed by atoms with van der Waals surface area (Å²) in [6.07, 6.45) is 0. The lowest BCUT2D eigenvalue weighted by Crippen LogP contribution is -2.06. The van der Waals surface area contributed by atoms with Crippen molar-refractivity contribution in [2.24, 2.45) is 0 Å². The predicted octanol–water partition coefficient (Wildman–Crippen LogP) is 2.92. The Morgan fingerprint density at radius 1 is 1.43 bits per heavy atom. The van der Waals surface area contributed by atoms with E-state index in [1.807, 2.05) is 6.07 Å². The van der Waals surface area contributed by atoms with Gasteiger partial charge in [-0.2, -0.15) is 5.26 Å². The second kappa shape index (κ2) is 5.96. The van der Waals surface area contributed by atoms with Gasteiger partial charge in [0.1, 0.15) is 5.82 Å². The van der Waals surface area contributed by atoms with Gasteiger partial charge in [-0.3, -0.25) is 10.1 Å². The van der Waals surface area contributed by atoms with Crippen molar-refractivity contribution in [3.05, 3.63) is 63.1 Å². The van der Waals surface area contributed by atoms with Gasteiger partial charge in [-0.05, 0) is 25.1 Å². The topological polar surface area (TPSA) is 91.9 Å². The third-order valence-corrected chi connectivity index (χ3v) is 2.84. The van der Waals surface area contributed by atoms with Gasteiger partial charge < -0.3 is 5.32 Å². The minimum absolute atomic E-state index is 0.0365. The Morgan fingerprint density at radius 2 is 2.19 bits per heavy atom. The van der Waals surface area contributed by atoms with Crippen molar-refractivity contribution in [1.29, 1.82) is 5.26 Å². The zero-order valence-electron chi connectivity index (χ0n) is 11.1. The molecule has 0 aliphatic carbocycles. The Balaban J connectivity index is 2.22. The highest BCUT2D eigenvalue weighted by atomic mass is 19.1. The monoisotopic (exact) mass is 286 g/mol. The van der Waals surface area contributed by atoms with Crippen LogP contribution in [0.25, 0.3) is 0 Å². The van der Waals surface area contributed by atoms with Gasteiger partial charge >= 0.3 is 5.69 Å². The maximum atomic E-state index is 13.7. The Morgan fingerprint density at radius 3 is 2.81 bits per heavy atom. The minimum atomic E-state index is -0.552. The molecule has 0 radical (unpaired) electrons. The van der Waals surface area contributed by atoms with Crippen molar-refractivity contribution >= 4 is 11.5 Å². The minimum Gasteiger partial charge on any atom is -0.360 e. The summed E-state index contributed by atoms with van der Waals surface area (Å²) in [5.74, 6) is -0.458. The maximum absolute atomic E-state index is 13.7. The maximum Gasteiger partial charge on any atom is 0.311 e. The first-order valence-electron chi connectivity index (χ1n) is 6.05. The molecule has 1 N–H and O–H groups in total. The number of nitro groups is 1. The molecule has 106 valence electrons. The van der Waals surface area contributed by atoms with Gasteiger partial charge in [0.25, 0.3) is 0 Å². The number of hydrogen-bond acceptors (Lipinski definition) is 5. The molecule has 0 fully saturated rings. The summed E-state index contributed by atoms with van der Waals surface area (Å²) in [6, 6.07) is 8.78. The van der Waals surface area contributed by atoms with E-state index in [2.05, 4.69) is 10.3 Å². The number of nitrogens with one attached hydrogen (secondary N) is 1. The molecule has 0 saturated carbocycles. The molecule has 0 spiro atoms. The zero-order chi connectivity index (χ0) is 15.4. The van der Waals surface area contributed by atoms with E-state index >= 15 is 0 Å². The number of anilines is 1. The summed E-state index contributed by atoms with van der Waals surface area (Å²) in [7, 11) is 0. The van der Waals surface area contributed by atoms with Gasteiger partial charge in [-0.25, -0.2) is 9.37 Å². The van der Waals surface area contributed by atoms with E-state index in [4.69, 9.17) is 5.26 Å². The van der Waals surface area contributed by atoms with E-state index < -0.39 is 10.7 Å². The van der Waals surface area contributed by atoms with Crippen LogP contribution in [0.15, 0.2) is 30.3 Å². The van der Waals surface area contributed by atoms with E-state index in [0.717, 1.165) is 6.07 Å². The second-order valence-corrected chi connectivity index (χ2v) is 4.35. The molecule has 2 rings (SSSR count). The van der Waals surface area contributed by atoms with E-state index in [0.29, 0.717) is 11.3 Å². The molecule has 0 unspecified atom stereocenters. The van der Waals surface area contributed by atoms with Gasteiger partial charge in [0.15, 0.2) is 0 Å². The normalized spacial score (nSPS) is 9.95. The average molecular weight is 286 g/mol. The number of benzene rings is 1. The molecule has 0 atom stereocenters. The predicted molar refractivity (Wildman–Crippen MR) is 74.1 cm³/mol. The molecule has 0 bridgehead atoms. The summed E-state index contributed by atoms with van der Waals surface area (Å²) >= 11 is 0. The molecule has 7 heteroatoms. The number of aryl methyl sites for hydroxylation is 1. The molecule has 1 heterocycles. The zero-order valence-corrected chi connectivity index (χ0v) is 11.1. The summed E-state index contributed by atoms with van der Waals surface area (Å²) in [5, 5.41) is 22.3. The average Bonchev–Trinajstić information content (AvgIpc) is 2.45. The van der Waals surface area contributed by atoms with Gasteiger partial charge in [0.05, 0.1) is 16.6 Å². The highest BCUT2D eigenvalue weighted by Gasteiger charge is 2.15. The van der Waals surface area contributed by atoms with Crippen LogP contribution in [0.2, 0.25) is 0 Å². The molecule has 1 aromatic carbocycles. The Hall–Kier alpha value is -3.01.